The summed E-state index contributed by atoms with van der Waals surface area (Å²) < 4.78 is 0. The van der Waals surface area contributed by atoms with Crippen LogP contribution in [0.15, 0.2) is 11.6 Å². The van der Waals surface area contributed by atoms with E-state index in [-0.39, 0.29) is 0 Å². The van der Waals surface area contributed by atoms with Gasteiger partial charge in [0.25, 0.3) is 0 Å². The zero-order chi connectivity index (χ0) is 11.4. The van der Waals surface area contributed by atoms with E-state index in [4.69, 9.17) is 0 Å². The minimum absolute atomic E-state index is 0.726. The first-order valence-corrected chi connectivity index (χ1v) is 7.25. The molecule has 1 N–H and O–H groups in total. The van der Waals surface area contributed by atoms with Gasteiger partial charge in [0.1, 0.15) is 0 Å². The molecule has 1 saturated carbocycles. The van der Waals surface area contributed by atoms with E-state index in [1.165, 1.54) is 24.3 Å². The summed E-state index contributed by atoms with van der Waals surface area (Å²) in [5, 5.41) is 7.02. The molecule has 3 unspecified atom stereocenters. The first-order valence-electron chi connectivity index (χ1n) is 6.37. The lowest BCUT2D eigenvalue weighted by Crippen LogP contribution is -2.40. The van der Waals surface area contributed by atoms with Crippen molar-refractivity contribution in [2.45, 2.75) is 45.6 Å². The predicted molar refractivity (Wildman–Crippen MR) is 69.8 cm³/mol. The zero-order valence-electron chi connectivity index (χ0n) is 10.3. The van der Waals surface area contributed by atoms with Crippen molar-refractivity contribution in [3.05, 3.63) is 16.6 Å². The van der Waals surface area contributed by atoms with Crippen LogP contribution >= 0.6 is 11.3 Å². The Labute approximate surface area is 102 Å². The van der Waals surface area contributed by atoms with Crippen molar-refractivity contribution in [2.24, 2.45) is 11.8 Å². The standard InChI is InChI=1S/C13H22N2S/c1-10-3-4-11(2)12(9-10)14-6-5-13-15-7-8-16-13/h7-8,10-12,14H,3-6,9H2,1-2H3. The fraction of sp³-hybridized carbons (Fsp3) is 0.769. The van der Waals surface area contributed by atoms with Crippen LogP contribution in [0.1, 0.15) is 38.1 Å². The van der Waals surface area contributed by atoms with Crippen molar-refractivity contribution in [1.29, 1.82) is 0 Å². The summed E-state index contributed by atoms with van der Waals surface area (Å²) in [7, 11) is 0. The summed E-state index contributed by atoms with van der Waals surface area (Å²) in [6.07, 6.45) is 7.11. The maximum absolute atomic E-state index is 4.31. The number of hydrogen-bond acceptors (Lipinski definition) is 3. The minimum Gasteiger partial charge on any atom is -0.313 e. The van der Waals surface area contributed by atoms with Crippen LogP contribution in [0.25, 0.3) is 0 Å². The third-order valence-corrected chi connectivity index (χ3v) is 4.53. The highest BCUT2D eigenvalue weighted by atomic mass is 32.1. The SMILES string of the molecule is CC1CCC(C)C(NCCc2nccs2)C1. The molecule has 2 nitrogen and oxygen atoms in total. The van der Waals surface area contributed by atoms with Gasteiger partial charge in [0.15, 0.2) is 0 Å². The van der Waals surface area contributed by atoms with Crippen LogP contribution in [0.2, 0.25) is 0 Å². The Morgan fingerprint density at radius 1 is 1.44 bits per heavy atom. The molecule has 0 aromatic carbocycles. The van der Waals surface area contributed by atoms with Gasteiger partial charge in [0, 0.05) is 30.6 Å². The molecule has 0 spiro atoms. The maximum Gasteiger partial charge on any atom is 0.0937 e. The topological polar surface area (TPSA) is 24.9 Å². The van der Waals surface area contributed by atoms with Crippen LogP contribution in [0.4, 0.5) is 0 Å². The largest absolute Gasteiger partial charge is 0.313 e. The first-order chi connectivity index (χ1) is 7.75. The Bertz CT molecular complexity index is 297. The van der Waals surface area contributed by atoms with E-state index in [0.717, 1.165) is 30.8 Å². The van der Waals surface area contributed by atoms with E-state index < -0.39 is 0 Å². The number of nitrogens with one attached hydrogen (secondary N) is 1. The molecule has 0 bridgehead atoms. The third kappa shape index (κ3) is 3.29. The number of aromatic nitrogens is 1. The lowest BCUT2D eigenvalue weighted by molar-refractivity contribution is 0.230. The predicted octanol–water partition coefficient (Wildman–Crippen LogP) is 3.10. The second-order valence-electron chi connectivity index (χ2n) is 5.13. The van der Waals surface area contributed by atoms with Crippen molar-refractivity contribution in [2.75, 3.05) is 6.54 Å². The van der Waals surface area contributed by atoms with E-state index in [2.05, 4.69) is 29.5 Å². The number of nitrogens with zero attached hydrogens (tertiary/aromatic N) is 1. The second-order valence-corrected chi connectivity index (χ2v) is 6.11. The van der Waals surface area contributed by atoms with Crippen molar-refractivity contribution >= 4 is 11.3 Å². The molecule has 0 saturated heterocycles. The second kappa shape index (κ2) is 5.78. The summed E-state index contributed by atoms with van der Waals surface area (Å²) >= 11 is 1.76. The minimum atomic E-state index is 0.726. The summed E-state index contributed by atoms with van der Waals surface area (Å²) in [4.78, 5) is 4.31. The van der Waals surface area contributed by atoms with Crippen LogP contribution in [0.3, 0.4) is 0 Å². The van der Waals surface area contributed by atoms with Gasteiger partial charge in [0.2, 0.25) is 0 Å². The first kappa shape index (κ1) is 12.1. The quantitative estimate of drug-likeness (QED) is 0.872. The monoisotopic (exact) mass is 238 g/mol. The van der Waals surface area contributed by atoms with Crippen LogP contribution < -0.4 is 5.32 Å². The highest BCUT2D eigenvalue weighted by Gasteiger charge is 2.24. The number of thiazole rings is 1. The molecule has 3 atom stereocenters. The van der Waals surface area contributed by atoms with Gasteiger partial charge in [-0.1, -0.05) is 20.3 Å². The molecule has 1 fully saturated rings. The summed E-state index contributed by atoms with van der Waals surface area (Å²) in [6, 6.07) is 0.726. The summed E-state index contributed by atoms with van der Waals surface area (Å²) in [5.74, 6) is 1.74. The van der Waals surface area contributed by atoms with Gasteiger partial charge >= 0.3 is 0 Å². The molecule has 3 heteroatoms. The van der Waals surface area contributed by atoms with Crippen molar-refractivity contribution in [3.8, 4) is 0 Å². The molecule has 1 aliphatic rings. The highest BCUT2D eigenvalue weighted by molar-refractivity contribution is 7.09. The average molecular weight is 238 g/mol. The molecular weight excluding hydrogens is 216 g/mol. The Kier molecular flexibility index (Phi) is 4.36. The molecule has 1 heterocycles. The van der Waals surface area contributed by atoms with Gasteiger partial charge in [-0.2, -0.15) is 0 Å². The number of hydrogen-bond donors (Lipinski definition) is 1. The normalized spacial score (nSPS) is 30.5. The van der Waals surface area contributed by atoms with Crippen molar-refractivity contribution in [3.63, 3.8) is 0 Å². The molecule has 1 aromatic heterocycles. The number of rotatable bonds is 4. The summed E-state index contributed by atoms with van der Waals surface area (Å²) in [6.45, 7) is 5.84. The Hall–Kier alpha value is -0.410. The Morgan fingerprint density at radius 3 is 3.06 bits per heavy atom. The lowest BCUT2D eigenvalue weighted by Gasteiger charge is -2.33. The van der Waals surface area contributed by atoms with Gasteiger partial charge < -0.3 is 5.32 Å². The van der Waals surface area contributed by atoms with E-state index in [1.54, 1.807) is 11.3 Å². The van der Waals surface area contributed by atoms with E-state index in [9.17, 15) is 0 Å². The summed E-state index contributed by atoms with van der Waals surface area (Å²) in [5.41, 5.74) is 0. The fourth-order valence-electron chi connectivity index (χ4n) is 2.56. The van der Waals surface area contributed by atoms with Crippen molar-refractivity contribution < 1.29 is 0 Å². The molecule has 1 aromatic rings. The molecule has 1 aliphatic carbocycles. The third-order valence-electron chi connectivity index (χ3n) is 3.69. The van der Waals surface area contributed by atoms with E-state index in [0.29, 0.717) is 0 Å². The highest BCUT2D eigenvalue weighted by Crippen LogP contribution is 2.28. The fourth-order valence-corrected chi connectivity index (χ4v) is 3.18. The Morgan fingerprint density at radius 2 is 2.31 bits per heavy atom. The molecule has 90 valence electrons. The van der Waals surface area contributed by atoms with Crippen molar-refractivity contribution in [1.82, 2.24) is 10.3 Å². The maximum atomic E-state index is 4.31. The van der Waals surface area contributed by atoms with Gasteiger partial charge in [-0.15, -0.1) is 11.3 Å². The molecule has 0 aliphatic heterocycles. The lowest BCUT2D eigenvalue weighted by atomic mass is 9.80. The molecule has 2 rings (SSSR count). The molecule has 0 radical (unpaired) electrons. The smallest absolute Gasteiger partial charge is 0.0937 e. The van der Waals surface area contributed by atoms with Gasteiger partial charge in [0.05, 0.1) is 5.01 Å². The van der Waals surface area contributed by atoms with Crippen LogP contribution in [0, 0.1) is 11.8 Å². The molecule has 0 amide bonds. The van der Waals surface area contributed by atoms with Crippen LogP contribution in [0.5, 0.6) is 0 Å². The van der Waals surface area contributed by atoms with E-state index >= 15 is 0 Å². The van der Waals surface area contributed by atoms with Crippen LogP contribution in [-0.2, 0) is 6.42 Å². The average Bonchev–Trinajstić information content (AvgIpc) is 2.76. The van der Waals surface area contributed by atoms with Gasteiger partial charge in [-0.25, -0.2) is 4.98 Å². The Balaban J connectivity index is 1.72. The molecular formula is C13H22N2S. The molecule has 16 heavy (non-hydrogen) atoms. The zero-order valence-corrected chi connectivity index (χ0v) is 11.1. The van der Waals surface area contributed by atoms with Crippen LogP contribution in [-0.4, -0.2) is 17.6 Å². The van der Waals surface area contributed by atoms with E-state index in [1.807, 2.05) is 6.20 Å². The van der Waals surface area contributed by atoms with Gasteiger partial charge in [-0.3, -0.25) is 0 Å². The van der Waals surface area contributed by atoms with Gasteiger partial charge in [-0.05, 0) is 24.7 Å².